The van der Waals surface area contributed by atoms with Gasteiger partial charge in [-0.1, -0.05) is 62.8 Å². The predicted molar refractivity (Wildman–Crippen MR) is 77.2 cm³/mol. The van der Waals surface area contributed by atoms with Crippen LogP contribution in [0.2, 0.25) is 0 Å². The van der Waals surface area contributed by atoms with E-state index in [1.807, 2.05) is 6.08 Å². The Hall–Kier alpha value is -1.08. The fourth-order valence-corrected chi connectivity index (χ4v) is 2.72. The molecule has 1 heteroatoms. The largest absolute Gasteiger partial charge is 0.388 e. The summed E-state index contributed by atoms with van der Waals surface area (Å²) in [5.74, 6) is 0.758. The molecule has 0 saturated carbocycles. The molecule has 2 aliphatic carbocycles. The van der Waals surface area contributed by atoms with Gasteiger partial charge in [-0.25, -0.2) is 0 Å². The van der Waals surface area contributed by atoms with Crippen molar-refractivity contribution < 1.29 is 5.11 Å². The number of aliphatic hydroxyl groups is 1. The SMILES string of the molecule is CC1=CCC(C(C)(C)C2=CC(C)C(O)C=C2)C=C1. The van der Waals surface area contributed by atoms with Gasteiger partial charge >= 0.3 is 0 Å². The summed E-state index contributed by atoms with van der Waals surface area (Å²) in [6.45, 7) is 8.83. The lowest BCUT2D eigenvalue weighted by Crippen LogP contribution is -2.28. The van der Waals surface area contributed by atoms with Gasteiger partial charge in [-0.2, -0.15) is 0 Å². The fourth-order valence-electron chi connectivity index (χ4n) is 2.72. The molecule has 0 aliphatic heterocycles. The first-order chi connectivity index (χ1) is 8.41. The van der Waals surface area contributed by atoms with E-state index in [1.165, 1.54) is 11.1 Å². The second-order valence-electron chi connectivity index (χ2n) is 6.20. The van der Waals surface area contributed by atoms with Gasteiger partial charge in [-0.15, -0.1) is 0 Å². The van der Waals surface area contributed by atoms with Crippen LogP contribution in [0.1, 0.15) is 34.1 Å². The Labute approximate surface area is 111 Å². The molecule has 0 saturated heterocycles. The zero-order valence-corrected chi connectivity index (χ0v) is 11.9. The van der Waals surface area contributed by atoms with Crippen LogP contribution in [0.25, 0.3) is 0 Å². The topological polar surface area (TPSA) is 20.2 Å². The molecule has 1 nitrogen and oxygen atoms in total. The predicted octanol–water partition coefficient (Wildman–Crippen LogP) is 4.03. The summed E-state index contributed by atoms with van der Waals surface area (Å²) >= 11 is 0. The quantitative estimate of drug-likeness (QED) is 0.777. The second kappa shape index (κ2) is 4.89. The Morgan fingerprint density at radius 2 is 1.94 bits per heavy atom. The lowest BCUT2D eigenvalue weighted by molar-refractivity contribution is 0.180. The Bertz CT molecular complexity index is 435. The van der Waals surface area contributed by atoms with Gasteiger partial charge in [0.05, 0.1) is 6.10 Å². The van der Waals surface area contributed by atoms with Gasteiger partial charge in [0.2, 0.25) is 0 Å². The van der Waals surface area contributed by atoms with E-state index in [-0.39, 0.29) is 17.4 Å². The van der Waals surface area contributed by atoms with Gasteiger partial charge in [-0.3, -0.25) is 0 Å². The minimum absolute atomic E-state index is 0.124. The molecule has 0 spiro atoms. The molecule has 2 rings (SSSR count). The number of aliphatic hydroxyl groups excluding tert-OH is 1. The summed E-state index contributed by atoms with van der Waals surface area (Å²) in [5, 5.41) is 9.75. The molecule has 18 heavy (non-hydrogen) atoms. The molecule has 0 aromatic heterocycles. The summed E-state index contributed by atoms with van der Waals surface area (Å²) in [4.78, 5) is 0. The van der Waals surface area contributed by atoms with Crippen LogP contribution in [0.15, 0.2) is 47.6 Å². The van der Waals surface area contributed by atoms with Crippen LogP contribution >= 0.6 is 0 Å². The van der Waals surface area contributed by atoms with Crippen LogP contribution < -0.4 is 0 Å². The van der Waals surface area contributed by atoms with Crippen LogP contribution in [0.4, 0.5) is 0 Å². The number of allylic oxidation sites excluding steroid dienone is 6. The van der Waals surface area contributed by atoms with Gasteiger partial charge in [0, 0.05) is 5.92 Å². The standard InChI is InChI=1S/C17H24O/c1-12-5-7-14(8-6-12)17(3,4)15-9-10-16(18)13(2)11-15/h5-7,9-11,13-14,16,18H,8H2,1-4H3. The molecule has 3 atom stereocenters. The van der Waals surface area contributed by atoms with Crippen molar-refractivity contribution in [2.75, 3.05) is 0 Å². The van der Waals surface area contributed by atoms with E-state index >= 15 is 0 Å². The third-order valence-corrected chi connectivity index (χ3v) is 4.41. The van der Waals surface area contributed by atoms with Crippen molar-refractivity contribution in [1.29, 1.82) is 0 Å². The lowest BCUT2D eigenvalue weighted by Gasteiger charge is -2.37. The monoisotopic (exact) mass is 244 g/mol. The van der Waals surface area contributed by atoms with Crippen molar-refractivity contribution in [2.24, 2.45) is 17.3 Å². The van der Waals surface area contributed by atoms with E-state index in [4.69, 9.17) is 0 Å². The highest BCUT2D eigenvalue weighted by Crippen LogP contribution is 2.42. The first-order valence-corrected chi connectivity index (χ1v) is 6.85. The van der Waals surface area contributed by atoms with Crippen LogP contribution in [0, 0.1) is 17.3 Å². The highest BCUT2D eigenvalue weighted by molar-refractivity contribution is 5.34. The molecule has 0 aromatic carbocycles. The number of rotatable bonds is 2. The zero-order chi connectivity index (χ0) is 13.3. The molecular formula is C17H24O. The Morgan fingerprint density at radius 1 is 1.22 bits per heavy atom. The van der Waals surface area contributed by atoms with Gasteiger partial charge < -0.3 is 5.11 Å². The smallest absolute Gasteiger partial charge is 0.0784 e. The van der Waals surface area contributed by atoms with E-state index in [1.54, 1.807) is 0 Å². The van der Waals surface area contributed by atoms with Gasteiger partial charge in [0.25, 0.3) is 0 Å². The summed E-state index contributed by atoms with van der Waals surface area (Å²) in [6, 6.07) is 0. The Kier molecular flexibility index (Phi) is 3.63. The second-order valence-corrected chi connectivity index (χ2v) is 6.20. The minimum atomic E-state index is -0.325. The van der Waals surface area contributed by atoms with Crippen molar-refractivity contribution in [3.8, 4) is 0 Å². The molecule has 0 heterocycles. The van der Waals surface area contributed by atoms with Crippen molar-refractivity contribution in [3.05, 3.63) is 47.6 Å². The third-order valence-electron chi connectivity index (χ3n) is 4.41. The van der Waals surface area contributed by atoms with Crippen molar-refractivity contribution in [2.45, 2.75) is 40.2 Å². The Balaban J connectivity index is 2.20. The van der Waals surface area contributed by atoms with E-state index in [9.17, 15) is 5.11 Å². The number of hydrogen-bond donors (Lipinski definition) is 1. The molecule has 1 N–H and O–H groups in total. The van der Waals surface area contributed by atoms with Gasteiger partial charge in [-0.05, 0) is 30.3 Å². The highest BCUT2D eigenvalue weighted by atomic mass is 16.3. The van der Waals surface area contributed by atoms with Crippen molar-refractivity contribution >= 4 is 0 Å². The third kappa shape index (κ3) is 2.51. The molecule has 0 fully saturated rings. The molecule has 0 bridgehead atoms. The highest BCUT2D eigenvalue weighted by Gasteiger charge is 2.32. The average Bonchev–Trinajstić information content (AvgIpc) is 2.33. The first kappa shape index (κ1) is 13.4. The molecule has 0 radical (unpaired) electrons. The Morgan fingerprint density at radius 3 is 2.50 bits per heavy atom. The fraction of sp³-hybridized carbons (Fsp3) is 0.529. The van der Waals surface area contributed by atoms with Crippen LogP contribution in [0.3, 0.4) is 0 Å². The summed E-state index contributed by atoms with van der Waals surface area (Å²) in [5.41, 5.74) is 2.83. The summed E-state index contributed by atoms with van der Waals surface area (Å²) in [6.07, 6.45) is 13.9. The first-order valence-electron chi connectivity index (χ1n) is 6.85. The molecule has 0 aromatic rings. The maximum Gasteiger partial charge on any atom is 0.0784 e. The van der Waals surface area contributed by atoms with E-state index in [2.05, 4.69) is 58.1 Å². The van der Waals surface area contributed by atoms with Gasteiger partial charge in [0.15, 0.2) is 0 Å². The van der Waals surface area contributed by atoms with Crippen molar-refractivity contribution in [3.63, 3.8) is 0 Å². The van der Waals surface area contributed by atoms with E-state index < -0.39 is 0 Å². The molecule has 98 valence electrons. The maximum atomic E-state index is 9.75. The number of hydrogen-bond acceptors (Lipinski definition) is 1. The molecule has 0 amide bonds. The van der Waals surface area contributed by atoms with Crippen LogP contribution in [-0.2, 0) is 0 Å². The summed E-state index contributed by atoms with van der Waals surface area (Å²) < 4.78 is 0. The molecule has 3 unspecified atom stereocenters. The lowest BCUT2D eigenvalue weighted by atomic mass is 9.68. The van der Waals surface area contributed by atoms with Crippen molar-refractivity contribution in [1.82, 2.24) is 0 Å². The maximum absolute atomic E-state index is 9.75. The van der Waals surface area contributed by atoms with Crippen LogP contribution in [0.5, 0.6) is 0 Å². The van der Waals surface area contributed by atoms with Crippen LogP contribution in [-0.4, -0.2) is 11.2 Å². The summed E-state index contributed by atoms with van der Waals surface area (Å²) in [7, 11) is 0. The minimum Gasteiger partial charge on any atom is -0.388 e. The molecule has 2 aliphatic rings. The van der Waals surface area contributed by atoms with E-state index in [0.29, 0.717) is 5.92 Å². The average molecular weight is 244 g/mol. The molecular weight excluding hydrogens is 220 g/mol. The van der Waals surface area contributed by atoms with E-state index in [0.717, 1.165) is 6.42 Å². The normalized spacial score (nSPS) is 32.2. The van der Waals surface area contributed by atoms with Gasteiger partial charge in [0.1, 0.15) is 0 Å². The zero-order valence-electron chi connectivity index (χ0n) is 11.9.